The number of hydrogen-bond donors (Lipinski definition) is 2. The van der Waals surface area contributed by atoms with E-state index in [0.29, 0.717) is 12.6 Å². The highest BCUT2D eigenvalue weighted by atomic mass is 127. The molecule has 7 heteroatoms. The van der Waals surface area contributed by atoms with Gasteiger partial charge >= 0.3 is 0 Å². The molecule has 2 N–H and O–H groups in total. The van der Waals surface area contributed by atoms with Crippen LogP contribution in [0.2, 0.25) is 0 Å². The van der Waals surface area contributed by atoms with Gasteiger partial charge in [-0.2, -0.15) is 0 Å². The van der Waals surface area contributed by atoms with Gasteiger partial charge in [-0.25, -0.2) is 0 Å². The van der Waals surface area contributed by atoms with Gasteiger partial charge in [-0.15, -0.1) is 35.3 Å². The zero-order chi connectivity index (χ0) is 18.0. The highest BCUT2D eigenvalue weighted by Gasteiger charge is 2.20. The second-order valence-electron chi connectivity index (χ2n) is 6.37. The summed E-state index contributed by atoms with van der Waals surface area (Å²) in [6.45, 7) is 3.74. The highest BCUT2D eigenvalue weighted by molar-refractivity contribution is 14.0. The van der Waals surface area contributed by atoms with Crippen LogP contribution in [0.1, 0.15) is 19.3 Å². The number of hydrogen-bond acceptors (Lipinski definition) is 4. The number of anilines is 1. The van der Waals surface area contributed by atoms with Crippen molar-refractivity contribution in [3.8, 4) is 5.75 Å². The predicted molar refractivity (Wildman–Crippen MR) is 126 cm³/mol. The average Bonchev–Trinajstić information content (AvgIpc) is 3.23. The van der Waals surface area contributed by atoms with Crippen molar-refractivity contribution in [2.75, 3.05) is 38.2 Å². The van der Waals surface area contributed by atoms with E-state index >= 15 is 0 Å². The Bertz CT molecular complexity index is 658. The highest BCUT2D eigenvalue weighted by Crippen LogP contribution is 2.24. The molecule has 1 aliphatic heterocycles. The Morgan fingerprint density at radius 3 is 2.63 bits per heavy atom. The second kappa shape index (κ2) is 12.1. The van der Waals surface area contributed by atoms with Crippen LogP contribution >= 0.6 is 35.3 Å². The van der Waals surface area contributed by atoms with Gasteiger partial charge in [0.25, 0.3) is 0 Å². The molecule has 1 fully saturated rings. The van der Waals surface area contributed by atoms with Crippen molar-refractivity contribution in [3.63, 3.8) is 0 Å². The molecule has 1 saturated heterocycles. The maximum Gasteiger partial charge on any atom is 0.191 e. The summed E-state index contributed by atoms with van der Waals surface area (Å²) in [4.78, 5) is 6.82. The lowest BCUT2D eigenvalue weighted by Crippen LogP contribution is -2.48. The first-order valence-electron chi connectivity index (χ1n) is 9.28. The summed E-state index contributed by atoms with van der Waals surface area (Å²) < 4.78 is 5.71. The molecule has 2 aromatic rings. The van der Waals surface area contributed by atoms with Gasteiger partial charge in [-0.1, -0.05) is 18.2 Å². The molecule has 0 spiro atoms. The summed E-state index contributed by atoms with van der Waals surface area (Å²) in [7, 11) is 1.83. The SMILES string of the molecule is CN=C(NCCCOc1ccccc1)NC1CCN(c2cccs2)CC1.I. The molecule has 0 atom stereocenters. The standard InChI is InChI=1S/C20H28N4OS.HI/c1-21-20(22-12-6-15-25-18-7-3-2-4-8-18)23-17-10-13-24(14-11-17)19-9-5-16-26-19;/h2-5,7-9,16-17H,6,10-15H2,1H3,(H2,21,22,23);1H. The lowest BCUT2D eigenvalue weighted by molar-refractivity contribution is 0.311. The first kappa shape index (κ1) is 21.8. The Hall–Kier alpha value is -1.48. The van der Waals surface area contributed by atoms with Crippen LogP contribution in [-0.4, -0.2) is 45.3 Å². The van der Waals surface area contributed by atoms with Crippen molar-refractivity contribution in [1.29, 1.82) is 0 Å². The molecule has 0 amide bonds. The molecule has 5 nitrogen and oxygen atoms in total. The summed E-state index contributed by atoms with van der Waals surface area (Å²) in [5, 5.41) is 10.5. The van der Waals surface area contributed by atoms with E-state index in [-0.39, 0.29) is 24.0 Å². The van der Waals surface area contributed by atoms with Crippen molar-refractivity contribution in [3.05, 3.63) is 47.8 Å². The first-order chi connectivity index (χ1) is 12.8. The smallest absolute Gasteiger partial charge is 0.191 e. The van der Waals surface area contributed by atoms with Crippen LogP contribution in [0.5, 0.6) is 5.75 Å². The van der Waals surface area contributed by atoms with E-state index < -0.39 is 0 Å². The molecule has 0 bridgehead atoms. The molecule has 1 aliphatic rings. The monoisotopic (exact) mass is 500 g/mol. The molecule has 0 radical (unpaired) electrons. The summed E-state index contributed by atoms with van der Waals surface area (Å²) in [6, 6.07) is 14.8. The predicted octanol–water partition coefficient (Wildman–Crippen LogP) is 3.97. The lowest BCUT2D eigenvalue weighted by atomic mass is 10.1. The number of halogens is 1. The van der Waals surface area contributed by atoms with Crippen molar-refractivity contribution >= 4 is 46.3 Å². The molecule has 148 valence electrons. The zero-order valence-electron chi connectivity index (χ0n) is 15.8. The third kappa shape index (κ3) is 7.21. The zero-order valence-corrected chi connectivity index (χ0v) is 18.9. The molecular formula is C20H29IN4OS. The van der Waals surface area contributed by atoms with Crippen LogP contribution in [-0.2, 0) is 0 Å². The fourth-order valence-corrected chi connectivity index (χ4v) is 3.85. The molecule has 0 aliphatic carbocycles. The van der Waals surface area contributed by atoms with Gasteiger partial charge in [0.15, 0.2) is 5.96 Å². The van der Waals surface area contributed by atoms with Crippen LogP contribution in [0.25, 0.3) is 0 Å². The summed E-state index contributed by atoms with van der Waals surface area (Å²) in [5.41, 5.74) is 0. The minimum Gasteiger partial charge on any atom is -0.494 e. The molecule has 0 unspecified atom stereocenters. The maximum atomic E-state index is 5.71. The van der Waals surface area contributed by atoms with Gasteiger partial charge in [-0.05, 0) is 48.9 Å². The molecule has 2 heterocycles. The summed E-state index contributed by atoms with van der Waals surface area (Å²) >= 11 is 1.82. The Morgan fingerprint density at radius 1 is 1.19 bits per heavy atom. The Balaban J connectivity index is 0.00000261. The van der Waals surface area contributed by atoms with Crippen LogP contribution in [0.3, 0.4) is 0 Å². The van der Waals surface area contributed by atoms with E-state index in [9.17, 15) is 0 Å². The van der Waals surface area contributed by atoms with Gasteiger partial charge in [0.05, 0.1) is 11.6 Å². The van der Waals surface area contributed by atoms with Crippen LogP contribution < -0.4 is 20.3 Å². The summed E-state index contributed by atoms with van der Waals surface area (Å²) in [6.07, 6.45) is 3.21. The Morgan fingerprint density at radius 2 is 1.96 bits per heavy atom. The summed E-state index contributed by atoms with van der Waals surface area (Å²) in [5.74, 6) is 1.81. The van der Waals surface area contributed by atoms with Crippen LogP contribution in [0.15, 0.2) is 52.8 Å². The number of ether oxygens (including phenoxy) is 1. The fourth-order valence-electron chi connectivity index (χ4n) is 3.07. The van der Waals surface area contributed by atoms with Crippen molar-refractivity contribution in [1.82, 2.24) is 10.6 Å². The maximum absolute atomic E-state index is 5.71. The number of nitrogens with zero attached hydrogens (tertiary/aromatic N) is 2. The Kier molecular flexibility index (Phi) is 9.75. The topological polar surface area (TPSA) is 48.9 Å². The van der Waals surface area contributed by atoms with Gasteiger partial charge in [0.2, 0.25) is 0 Å². The van der Waals surface area contributed by atoms with E-state index in [1.807, 2.05) is 48.7 Å². The van der Waals surface area contributed by atoms with Crippen LogP contribution in [0.4, 0.5) is 5.00 Å². The molecule has 27 heavy (non-hydrogen) atoms. The van der Waals surface area contributed by atoms with E-state index in [2.05, 4.69) is 38.0 Å². The van der Waals surface area contributed by atoms with Crippen molar-refractivity contribution < 1.29 is 4.74 Å². The molecule has 0 saturated carbocycles. The number of thiophene rings is 1. The number of rotatable bonds is 7. The lowest BCUT2D eigenvalue weighted by Gasteiger charge is -2.33. The van der Waals surface area contributed by atoms with Gasteiger partial charge in [0.1, 0.15) is 5.75 Å². The van der Waals surface area contributed by atoms with E-state index in [1.165, 1.54) is 5.00 Å². The normalized spacial score (nSPS) is 15.1. The fraction of sp³-hybridized carbons (Fsp3) is 0.450. The van der Waals surface area contributed by atoms with E-state index in [0.717, 1.165) is 50.6 Å². The van der Waals surface area contributed by atoms with Gasteiger partial charge in [0, 0.05) is 32.7 Å². The molecule has 1 aromatic carbocycles. The van der Waals surface area contributed by atoms with Gasteiger partial charge in [-0.3, -0.25) is 4.99 Å². The third-order valence-electron chi connectivity index (χ3n) is 4.50. The average molecular weight is 500 g/mol. The minimum atomic E-state index is 0. The molecular weight excluding hydrogens is 471 g/mol. The van der Waals surface area contributed by atoms with Crippen molar-refractivity contribution in [2.45, 2.75) is 25.3 Å². The number of guanidine groups is 1. The number of piperidine rings is 1. The number of aliphatic imine (C=N–C) groups is 1. The quantitative estimate of drug-likeness (QED) is 0.262. The van der Waals surface area contributed by atoms with Crippen molar-refractivity contribution in [2.24, 2.45) is 4.99 Å². The minimum absolute atomic E-state index is 0. The van der Waals surface area contributed by atoms with E-state index in [1.54, 1.807) is 0 Å². The first-order valence-corrected chi connectivity index (χ1v) is 10.2. The van der Waals surface area contributed by atoms with E-state index in [4.69, 9.17) is 4.74 Å². The third-order valence-corrected chi connectivity index (χ3v) is 5.43. The van der Waals surface area contributed by atoms with Crippen LogP contribution in [0, 0.1) is 0 Å². The second-order valence-corrected chi connectivity index (χ2v) is 7.30. The molecule has 1 aromatic heterocycles. The number of benzene rings is 1. The number of para-hydroxylation sites is 1. The largest absolute Gasteiger partial charge is 0.494 e. The molecule has 3 rings (SSSR count). The van der Waals surface area contributed by atoms with Gasteiger partial charge < -0.3 is 20.3 Å². The number of nitrogens with one attached hydrogen (secondary N) is 2. The Labute approximate surface area is 183 Å².